The largest absolute Gasteiger partial charge is 0.506 e. The fourth-order valence-corrected chi connectivity index (χ4v) is 9.55. The van der Waals surface area contributed by atoms with Crippen molar-refractivity contribution in [2.75, 3.05) is 29.6 Å². The quantitative estimate of drug-likeness (QED) is 0.0312. The van der Waals surface area contributed by atoms with Crippen LogP contribution in [-0.4, -0.2) is 91.9 Å². The van der Waals surface area contributed by atoms with Gasteiger partial charge in [-0.3, -0.25) is 23.5 Å². The van der Waals surface area contributed by atoms with Gasteiger partial charge in [-0.05, 0) is 105 Å². The Morgan fingerprint density at radius 3 is 2.05 bits per heavy atom. The molecule has 0 saturated carbocycles. The van der Waals surface area contributed by atoms with Crippen LogP contribution in [0.5, 0.6) is 0 Å². The molecule has 63 heavy (non-hydrogen) atoms. The highest BCUT2D eigenvalue weighted by molar-refractivity contribution is 7.89. The number of allylic oxidation sites excluding steroid dienone is 5. The number of carbonyl (C=O) groups is 3. The highest BCUT2D eigenvalue weighted by Crippen LogP contribution is 2.50. The lowest BCUT2D eigenvalue weighted by Gasteiger charge is -2.29. The van der Waals surface area contributed by atoms with Crippen LogP contribution < -0.4 is 14.9 Å². The monoisotopic (exact) mass is 938 g/mol. The minimum Gasteiger partial charge on any atom is -0.506 e. The van der Waals surface area contributed by atoms with Crippen LogP contribution in [-0.2, 0) is 55.5 Å². The highest BCUT2D eigenvalue weighted by atomic mass is 32.2. The van der Waals surface area contributed by atoms with Crippen molar-refractivity contribution >= 4 is 93.7 Å². The molecule has 2 amide bonds. The van der Waals surface area contributed by atoms with Crippen LogP contribution in [0, 0.1) is 0 Å². The molecule has 3 aliphatic rings. The molecule has 0 fully saturated rings. The zero-order chi connectivity index (χ0) is 46.4. The molecule has 6 rings (SSSR count). The fourth-order valence-electron chi connectivity index (χ4n) is 7.96. The molecule has 0 aromatic heterocycles. The van der Waals surface area contributed by atoms with Crippen molar-refractivity contribution in [2.45, 2.75) is 74.0 Å². The predicted octanol–water partition coefficient (Wildman–Crippen LogP) is 5.57. The Labute approximate surface area is 370 Å². The van der Waals surface area contributed by atoms with Crippen LogP contribution >= 0.6 is 12.2 Å². The number of unbranched alkanes of at least 4 members (excludes halogenated alkanes) is 2. The first-order valence-corrected chi connectivity index (χ1v) is 24.5. The van der Waals surface area contributed by atoms with E-state index < -0.39 is 70.0 Å². The van der Waals surface area contributed by atoms with Crippen molar-refractivity contribution in [2.24, 2.45) is 4.99 Å². The van der Waals surface area contributed by atoms with Crippen molar-refractivity contribution < 1.29 is 58.4 Å². The molecular weight excluding hydrogens is 895 g/mol. The van der Waals surface area contributed by atoms with Gasteiger partial charge in [-0.15, -0.1) is 0 Å². The van der Waals surface area contributed by atoms with E-state index in [0.29, 0.717) is 59.7 Å². The summed E-state index contributed by atoms with van der Waals surface area (Å²) in [5, 5.41) is 16.7. The van der Waals surface area contributed by atoms with E-state index in [1.54, 1.807) is 58.0 Å². The number of Topliss-reactive ketones (excluding diaryl/α,β-unsaturated/α-hetero) is 1. The lowest BCUT2D eigenvalue weighted by atomic mass is 9.77. The van der Waals surface area contributed by atoms with E-state index in [1.165, 1.54) is 41.0 Å². The topological polar surface area (TPSA) is 257 Å². The number of ketones is 1. The zero-order valence-corrected chi connectivity index (χ0v) is 37.9. The second-order valence-corrected chi connectivity index (χ2v) is 21.0. The van der Waals surface area contributed by atoms with Crippen LogP contribution in [0.3, 0.4) is 0 Å². The van der Waals surface area contributed by atoms with Gasteiger partial charge in [0.05, 0.1) is 43.5 Å². The number of aliphatic hydroxyl groups is 1. The summed E-state index contributed by atoms with van der Waals surface area (Å²) in [6.45, 7) is 6.71. The molecular formula is C42H44N5O12S4+. The number of fused-ring (bicyclic) bond motifs is 2. The predicted molar refractivity (Wildman–Crippen MR) is 238 cm³/mol. The van der Waals surface area contributed by atoms with E-state index in [-0.39, 0.29) is 39.8 Å². The van der Waals surface area contributed by atoms with Crippen molar-refractivity contribution in [1.82, 2.24) is 4.72 Å². The molecule has 2 heterocycles. The molecule has 0 unspecified atom stereocenters. The normalized spacial score (nSPS) is 18.0. The van der Waals surface area contributed by atoms with Gasteiger partial charge in [0, 0.05) is 53.2 Å². The number of benzene rings is 3. The van der Waals surface area contributed by atoms with Crippen molar-refractivity contribution in [3.63, 3.8) is 0 Å². The van der Waals surface area contributed by atoms with Gasteiger partial charge in [0.25, 0.3) is 26.1 Å². The van der Waals surface area contributed by atoms with Gasteiger partial charge >= 0.3 is 0 Å². The van der Waals surface area contributed by atoms with Gasteiger partial charge in [0.2, 0.25) is 33.9 Å². The number of amides is 2. The number of nitrogens with one attached hydrogen (secondary N) is 2. The lowest BCUT2D eigenvalue weighted by molar-refractivity contribution is -0.425. The second-order valence-electron chi connectivity index (χ2n) is 16.3. The molecule has 0 spiro atoms. The Bertz CT molecular complexity index is 3000. The third kappa shape index (κ3) is 9.79. The Balaban J connectivity index is 1.31. The molecule has 0 saturated heterocycles. The van der Waals surface area contributed by atoms with E-state index in [2.05, 4.69) is 27.7 Å². The number of anilines is 2. The number of isothiocyanates is 1. The summed E-state index contributed by atoms with van der Waals surface area (Å²) >= 11 is 4.62. The van der Waals surface area contributed by atoms with Crippen molar-refractivity contribution in [3.8, 4) is 0 Å². The fraction of sp³-hybridized carbons (Fsp3) is 0.310. The van der Waals surface area contributed by atoms with E-state index in [4.69, 9.17) is 0 Å². The summed E-state index contributed by atoms with van der Waals surface area (Å²) in [7, 11) is -13.2. The van der Waals surface area contributed by atoms with Crippen LogP contribution in [0.25, 0.3) is 0 Å². The highest BCUT2D eigenvalue weighted by Gasteiger charge is 2.48. The third-order valence-corrected chi connectivity index (χ3v) is 13.5. The molecule has 0 radical (unpaired) electrons. The summed E-state index contributed by atoms with van der Waals surface area (Å²) in [6, 6.07) is 14.6. The van der Waals surface area contributed by atoms with E-state index in [9.17, 15) is 53.8 Å². The Morgan fingerprint density at radius 1 is 0.841 bits per heavy atom. The molecule has 2 aliphatic heterocycles. The summed E-state index contributed by atoms with van der Waals surface area (Å²) in [6.07, 6.45) is 5.58. The maximum Gasteiger partial charge on any atom is 0.299 e. The zero-order valence-electron chi connectivity index (χ0n) is 34.7. The van der Waals surface area contributed by atoms with E-state index in [0.717, 1.165) is 12.3 Å². The maximum absolute atomic E-state index is 14.0. The maximum atomic E-state index is 14.0. The van der Waals surface area contributed by atoms with Gasteiger partial charge < -0.3 is 15.3 Å². The van der Waals surface area contributed by atoms with E-state index in [1.807, 2.05) is 9.62 Å². The van der Waals surface area contributed by atoms with Crippen LogP contribution in [0.4, 0.5) is 22.7 Å². The second kappa shape index (κ2) is 17.1. The first kappa shape index (κ1) is 46.8. The number of nitrogens with zero attached hydrogens (tertiary/aromatic N) is 3. The molecule has 5 N–H and O–H groups in total. The minimum absolute atomic E-state index is 0.0835. The van der Waals surface area contributed by atoms with Crippen molar-refractivity contribution in [3.05, 3.63) is 107 Å². The molecule has 21 heteroatoms. The number of sulfonamides is 1. The van der Waals surface area contributed by atoms with E-state index >= 15 is 0 Å². The van der Waals surface area contributed by atoms with Gasteiger partial charge in [0.15, 0.2) is 5.71 Å². The number of hydrogen-bond acceptors (Lipinski definition) is 13. The molecule has 0 bridgehead atoms. The van der Waals surface area contributed by atoms with Crippen LogP contribution in [0.1, 0.15) is 64.5 Å². The Morgan fingerprint density at radius 2 is 1.46 bits per heavy atom. The molecule has 332 valence electrons. The Kier molecular flexibility index (Phi) is 12.7. The SMILES string of the molecule is CC1(C)C(/C=C2\C(=O)C(/C=C3/N(CCCCCC(=O)Nc4ccc(N=C=S)cc4)c4ccc(S(=O)(=O)O)cc4C3(C)C)=C2O)=[N+](CC(=O)NS(C)(=O)=O)c2ccc(S(=O)(=O)O)cc21. The van der Waals surface area contributed by atoms with Gasteiger partial charge in [0.1, 0.15) is 5.76 Å². The molecule has 1 aliphatic carbocycles. The minimum atomic E-state index is -4.66. The molecule has 3 aromatic rings. The number of hydrogen-bond donors (Lipinski definition) is 5. The summed E-state index contributed by atoms with van der Waals surface area (Å²) in [5.74, 6) is -2.14. The number of rotatable bonds is 15. The summed E-state index contributed by atoms with van der Waals surface area (Å²) in [5.41, 5.74) is 1.32. The standard InChI is InChI=1S/C42H43N5O12S4/c1-41(2)31-19-27(62(54,55)56)14-16-33(31)46(18-8-6-7-9-37(48)44-26-12-10-25(11-13-26)43-24-60)35(41)21-29-39(50)30(40(29)51)22-36-42(3,4)32-20-28(63(57,58)59)15-17-34(32)47(36)23-38(49)45-61(5,52)53/h10-17,19-22H,6-9,18,23H2,1-5H3,(H4-,44,45,48,49,50,51,54,55,56,57,58,59)/p+1. The lowest BCUT2D eigenvalue weighted by Crippen LogP contribution is -2.37. The molecule has 0 atom stereocenters. The summed E-state index contributed by atoms with van der Waals surface area (Å²) in [4.78, 5) is 44.7. The van der Waals surface area contributed by atoms with Crippen LogP contribution in [0.2, 0.25) is 0 Å². The van der Waals surface area contributed by atoms with Crippen LogP contribution in [0.15, 0.2) is 110 Å². The first-order chi connectivity index (χ1) is 29.2. The number of carbonyl (C=O) groups excluding carboxylic acids is 3. The smallest absolute Gasteiger partial charge is 0.299 e. The molecule has 3 aromatic carbocycles. The number of aliphatic imine (C=N–C) groups is 1. The van der Waals surface area contributed by atoms with Crippen molar-refractivity contribution in [1.29, 1.82) is 0 Å². The Hall–Kier alpha value is -5.67. The van der Waals surface area contributed by atoms with Gasteiger partial charge in [-0.1, -0.05) is 20.3 Å². The molecule has 17 nitrogen and oxygen atoms in total. The van der Waals surface area contributed by atoms with Gasteiger partial charge in [-0.2, -0.15) is 26.4 Å². The third-order valence-electron chi connectivity index (χ3n) is 11.1. The average molecular weight is 939 g/mol. The summed E-state index contributed by atoms with van der Waals surface area (Å²) < 4.78 is 95.2. The average Bonchev–Trinajstić information content (AvgIpc) is 3.52. The first-order valence-electron chi connectivity index (χ1n) is 19.3. The number of aliphatic hydroxyl groups excluding tert-OH is 1. The number of thiocarbonyl (C=S) groups is 1. The van der Waals surface area contributed by atoms with Gasteiger partial charge in [-0.25, -0.2) is 13.1 Å².